The van der Waals surface area contributed by atoms with Crippen LogP contribution in [0, 0.1) is 0 Å². The van der Waals surface area contributed by atoms with Crippen LogP contribution in [-0.4, -0.2) is 41.1 Å². The largest absolute Gasteiger partial charge is 0.493 e. The molecule has 0 bridgehead atoms. The Morgan fingerprint density at radius 1 is 0.944 bits per heavy atom. The summed E-state index contributed by atoms with van der Waals surface area (Å²) in [5, 5.41) is 2.97. The number of carbonyl (C=O) groups is 1. The molecule has 0 fully saturated rings. The Bertz CT molecular complexity index is 1290. The van der Waals surface area contributed by atoms with E-state index in [4.69, 9.17) is 9.47 Å². The highest BCUT2D eigenvalue weighted by Crippen LogP contribution is 2.37. The standard InChI is InChI=1S/C28H32N2O5S/c1-34-26-18-16-23(20-27(26)35-2)36(32,33)30-24-14-7-6-13-22(24)15-17-25(30)28(31)29-19-9-8-12-21-10-4-3-5-11-21/h3-7,10-11,13-14,16,18,20,25H,8-9,12,15,17,19H2,1-2H3,(H,29,31). The number of anilines is 1. The molecule has 0 aromatic heterocycles. The highest BCUT2D eigenvalue weighted by molar-refractivity contribution is 7.93. The van der Waals surface area contributed by atoms with Gasteiger partial charge in [0.1, 0.15) is 6.04 Å². The first-order valence-electron chi connectivity index (χ1n) is 12.1. The number of aryl methyl sites for hydroxylation is 2. The molecule has 3 aromatic rings. The Morgan fingerprint density at radius 3 is 2.42 bits per heavy atom. The minimum atomic E-state index is -4.06. The van der Waals surface area contributed by atoms with Crippen molar-refractivity contribution in [2.45, 2.75) is 43.0 Å². The van der Waals surface area contributed by atoms with Crippen molar-refractivity contribution in [2.75, 3.05) is 25.1 Å². The molecule has 0 aliphatic carbocycles. The van der Waals surface area contributed by atoms with Gasteiger partial charge < -0.3 is 14.8 Å². The fourth-order valence-electron chi connectivity index (χ4n) is 4.57. The Kier molecular flexibility index (Phi) is 8.15. The number of nitrogens with zero attached hydrogens (tertiary/aromatic N) is 1. The van der Waals surface area contributed by atoms with E-state index in [9.17, 15) is 13.2 Å². The van der Waals surface area contributed by atoms with E-state index >= 15 is 0 Å². The molecule has 1 heterocycles. The number of ether oxygens (including phenoxy) is 2. The van der Waals surface area contributed by atoms with Crippen LogP contribution in [0.3, 0.4) is 0 Å². The lowest BCUT2D eigenvalue weighted by atomic mass is 9.97. The average Bonchev–Trinajstić information content (AvgIpc) is 2.92. The van der Waals surface area contributed by atoms with E-state index in [-0.39, 0.29) is 10.8 Å². The molecule has 1 aliphatic rings. The molecule has 0 saturated carbocycles. The number of nitrogens with one attached hydrogen (secondary N) is 1. The molecule has 1 unspecified atom stereocenters. The Morgan fingerprint density at radius 2 is 1.67 bits per heavy atom. The maximum absolute atomic E-state index is 13.9. The number of benzene rings is 3. The van der Waals surface area contributed by atoms with Gasteiger partial charge in [-0.3, -0.25) is 9.10 Å². The minimum absolute atomic E-state index is 0.0394. The molecule has 1 amide bonds. The van der Waals surface area contributed by atoms with Crippen LogP contribution in [0.25, 0.3) is 0 Å². The third-order valence-corrected chi connectivity index (χ3v) is 8.27. The number of hydrogen-bond donors (Lipinski definition) is 1. The second kappa shape index (κ2) is 11.5. The number of fused-ring (bicyclic) bond motifs is 1. The number of methoxy groups -OCH3 is 2. The molecule has 8 heteroatoms. The van der Waals surface area contributed by atoms with E-state index in [1.165, 1.54) is 36.2 Å². The van der Waals surface area contributed by atoms with Crippen LogP contribution in [0.2, 0.25) is 0 Å². The van der Waals surface area contributed by atoms with Gasteiger partial charge in [0.05, 0.1) is 24.8 Å². The fourth-order valence-corrected chi connectivity index (χ4v) is 6.26. The van der Waals surface area contributed by atoms with Gasteiger partial charge in [-0.2, -0.15) is 0 Å². The molecule has 0 radical (unpaired) electrons. The molecule has 0 spiro atoms. The van der Waals surface area contributed by atoms with E-state index in [0.717, 1.165) is 24.8 Å². The van der Waals surface area contributed by atoms with E-state index in [1.807, 2.05) is 30.3 Å². The molecule has 1 atom stereocenters. The van der Waals surface area contributed by atoms with Crippen molar-refractivity contribution in [1.82, 2.24) is 5.32 Å². The zero-order chi connectivity index (χ0) is 25.5. The lowest BCUT2D eigenvalue weighted by molar-refractivity contribution is -0.122. The molecule has 1 aliphatic heterocycles. The molecular formula is C28H32N2O5S. The third kappa shape index (κ3) is 5.49. The van der Waals surface area contributed by atoms with E-state index < -0.39 is 16.1 Å². The highest BCUT2D eigenvalue weighted by atomic mass is 32.2. The number of sulfonamides is 1. The summed E-state index contributed by atoms with van der Waals surface area (Å²) in [5.41, 5.74) is 2.69. The summed E-state index contributed by atoms with van der Waals surface area (Å²) < 4.78 is 39.7. The summed E-state index contributed by atoms with van der Waals surface area (Å²) >= 11 is 0. The van der Waals surface area contributed by atoms with Gasteiger partial charge in [-0.15, -0.1) is 0 Å². The Labute approximate surface area is 213 Å². The van der Waals surface area contributed by atoms with Crippen molar-refractivity contribution in [3.63, 3.8) is 0 Å². The van der Waals surface area contributed by atoms with E-state index in [2.05, 4.69) is 17.4 Å². The summed E-state index contributed by atoms with van der Waals surface area (Å²) in [6.07, 6.45) is 3.71. The van der Waals surface area contributed by atoms with Gasteiger partial charge in [0.25, 0.3) is 10.0 Å². The van der Waals surface area contributed by atoms with Crippen molar-refractivity contribution >= 4 is 21.6 Å². The SMILES string of the molecule is COc1ccc(S(=O)(=O)N2c3ccccc3CCC2C(=O)NCCCCc2ccccc2)cc1OC. The number of hydrogen-bond acceptors (Lipinski definition) is 5. The predicted molar refractivity (Wildman–Crippen MR) is 140 cm³/mol. The van der Waals surface area contributed by atoms with Crippen LogP contribution in [0.1, 0.15) is 30.4 Å². The van der Waals surface area contributed by atoms with Crippen molar-refractivity contribution in [3.05, 3.63) is 83.9 Å². The highest BCUT2D eigenvalue weighted by Gasteiger charge is 2.40. The number of carbonyl (C=O) groups excluding carboxylic acids is 1. The lowest BCUT2D eigenvalue weighted by Crippen LogP contribution is -2.52. The quantitative estimate of drug-likeness (QED) is 0.412. The normalized spacial score (nSPS) is 15.2. The van der Waals surface area contributed by atoms with Gasteiger partial charge in [-0.1, -0.05) is 48.5 Å². The van der Waals surface area contributed by atoms with Crippen molar-refractivity contribution in [1.29, 1.82) is 0 Å². The number of unbranched alkanes of at least 4 members (excludes halogenated alkanes) is 1. The lowest BCUT2D eigenvalue weighted by Gasteiger charge is -2.37. The van der Waals surface area contributed by atoms with Crippen molar-refractivity contribution in [2.24, 2.45) is 0 Å². The minimum Gasteiger partial charge on any atom is -0.493 e. The smallest absolute Gasteiger partial charge is 0.265 e. The van der Waals surface area contributed by atoms with E-state index in [1.54, 1.807) is 18.2 Å². The number of para-hydroxylation sites is 1. The maximum atomic E-state index is 13.9. The Hall–Kier alpha value is -3.52. The molecule has 3 aromatic carbocycles. The summed E-state index contributed by atoms with van der Waals surface area (Å²) in [6.45, 7) is 0.494. The van der Waals surface area contributed by atoms with Crippen LogP contribution < -0.4 is 19.1 Å². The number of amides is 1. The zero-order valence-electron chi connectivity index (χ0n) is 20.6. The Balaban J connectivity index is 1.53. The van der Waals surface area contributed by atoms with Crippen LogP contribution in [0.15, 0.2) is 77.7 Å². The average molecular weight is 509 g/mol. The van der Waals surface area contributed by atoms with Gasteiger partial charge in [0.15, 0.2) is 11.5 Å². The second-order valence-electron chi connectivity index (χ2n) is 8.73. The van der Waals surface area contributed by atoms with Gasteiger partial charge in [0.2, 0.25) is 5.91 Å². The molecule has 0 saturated heterocycles. The first-order valence-corrected chi connectivity index (χ1v) is 13.6. The molecule has 7 nitrogen and oxygen atoms in total. The van der Waals surface area contributed by atoms with Crippen LogP contribution >= 0.6 is 0 Å². The van der Waals surface area contributed by atoms with Gasteiger partial charge in [0, 0.05) is 12.6 Å². The summed E-state index contributed by atoms with van der Waals surface area (Å²) in [4.78, 5) is 13.3. The molecule has 190 valence electrons. The van der Waals surface area contributed by atoms with Gasteiger partial charge in [-0.25, -0.2) is 8.42 Å². The summed E-state index contributed by atoms with van der Waals surface area (Å²) in [7, 11) is -1.11. The number of rotatable bonds is 10. The summed E-state index contributed by atoms with van der Waals surface area (Å²) in [5.74, 6) is 0.455. The van der Waals surface area contributed by atoms with Crippen LogP contribution in [0.4, 0.5) is 5.69 Å². The molecule has 1 N–H and O–H groups in total. The van der Waals surface area contributed by atoms with Gasteiger partial charge >= 0.3 is 0 Å². The van der Waals surface area contributed by atoms with Gasteiger partial charge in [-0.05, 0) is 61.4 Å². The molecule has 4 rings (SSSR count). The monoisotopic (exact) mass is 508 g/mol. The maximum Gasteiger partial charge on any atom is 0.265 e. The predicted octanol–water partition coefficient (Wildman–Crippen LogP) is 4.35. The van der Waals surface area contributed by atoms with Crippen molar-refractivity contribution < 1.29 is 22.7 Å². The molecule has 36 heavy (non-hydrogen) atoms. The third-order valence-electron chi connectivity index (χ3n) is 6.45. The summed E-state index contributed by atoms with van der Waals surface area (Å²) in [6, 6.07) is 21.2. The first-order chi connectivity index (χ1) is 17.5. The zero-order valence-corrected chi connectivity index (χ0v) is 21.5. The van der Waals surface area contributed by atoms with E-state index in [0.29, 0.717) is 36.6 Å². The topological polar surface area (TPSA) is 84.9 Å². The first kappa shape index (κ1) is 25.6. The fraction of sp³-hybridized carbons (Fsp3) is 0.321. The van der Waals surface area contributed by atoms with Crippen LogP contribution in [-0.2, 0) is 27.7 Å². The van der Waals surface area contributed by atoms with Crippen LogP contribution in [0.5, 0.6) is 11.5 Å². The van der Waals surface area contributed by atoms with Crippen molar-refractivity contribution in [3.8, 4) is 11.5 Å². The molecular weight excluding hydrogens is 476 g/mol. The second-order valence-corrected chi connectivity index (χ2v) is 10.5.